The van der Waals surface area contributed by atoms with Crippen LogP contribution in [-0.4, -0.2) is 56.4 Å². The van der Waals surface area contributed by atoms with E-state index in [2.05, 4.69) is 26.1 Å². The Hall–Kier alpha value is -2.82. The van der Waals surface area contributed by atoms with Gasteiger partial charge in [0.25, 0.3) is 0 Å². The Kier molecular flexibility index (Phi) is 12.3. The fourth-order valence-corrected chi connectivity index (χ4v) is 5.62. The molecule has 224 valence electrons. The van der Waals surface area contributed by atoms with E-state index in [1.165, 1.54) is 19.3 Å². The molecule has 1 heterocycles. The largest absolute Gasteiger partial charge is 0.463 e. The SMILES string of the molecule is Nc1c(Br)cc(C(=O)OCCOCCOC(=O)Cc2ccccc2Nc2c(Cl)cccc2Cl)cc1CN1CCCCC1. The van der Waals surface area contributed by atoms with Gasteiger partial charge in [0.15, 0.2) is 0 Å². The molecule has 0 bridgehead atoms. The number of piperidine rings is 1. The molecule has 0 spiro atoms. The third-order valence-electron chi connectivity index (χ3n) is 6.82. The van der Waals surface area contributed by atoms with Crippen molar-refractivity contribution in [3.05, 3.63) is 85.8 Å². The van der Waals surface area contributed by atoms with Crippen molar-refractivity contribution in [2.24, 2.45) is 0 Å². The van der Waals surface area contributed by atoms with Crippen LogP contribution in [0.25, 0.3) is 0 Å². The topological polar surface area (TPSA) is 103 Å². The summed E-state index contributed by atoms with van der Waals surface area (Å²) < 4.78 is 16.9. The van der Waals surface area contributed by atoms with Crippen molar-refractivity contribution in [3.8, 4) is 0 Å². The minimum Gasteiger partial charge on any atom is -0.463 e. The summed E-state index contributed by atoms with van der Waals surface area (Å²) in [6, 6.07) is 16.1. The first-order valence-electron chi connectivity index (χ1n) is 13.8. The van der Waals surface area contributed by atoms with Crippen LogP contribution < -0.4 is 11.1 Å². The van der Waals surface area contributed by atoms with Crippen molar-refractivity contribution < 1.29 is 23.8 Å². The molecule has 1 fully saturated rings. The number of halogens is 3. The summed E-state index contributed by atoms with van der Waals surface area (Å²) in [5.74, 6) is -0.852. The number of hydrogen-bond acceptors (Lipinski definition) is 8. The predicted molar refractivity (Wildman–Crippen MR) is 170 cm³/mol. The van der Waals surface area contributed by atoms with Crippen molar-refractivity contribution in [2.45, 2.75) is 32.2 Å². The zero-order valence-corrected chi connectivity index (χ0v) is 26.3. The summed E-state index contributed by atoms with van der Waals surface area (Å²) in [5, 5.41) is 4.15. The highest BCUT2D eigenvalue weighted by atomic mass is 79.9. The van der Waals surface area contributed by atoms with E-state index in [4.69, 9.17) is 43.1 Å². The number of esters is 2. The standard InChI is InChI=1S/C31H34BrCl2N3O5/c32-24-18-22(17-23(29(24)35)20-37-11-4-1-5-12-37)31(39)42-16-14-40-13-15-41-28(38)19-21-7-2-3-10-27(21)36-30-25(33)8-6-9-26(30)34/h2-3,6-10,17-18,36H,1,4-5,11-16,19-20,35H2. The first-order valence-corrected chi connectivity index (χ1v) is 15.4. The molecule has 0 radical (unpaired) electrons. The minimum absolute atomic E-state index is 0.0553. The van der Waals surface area contributed by atoms with Crippen LogP contribution in [0.2, 0.25) is 10.0 Å². The summed E-state index contributed by atoms with van der Waals surface area (Å²) in [5.41, 5.74) is 10.2. The lowest BCUT2D eigenvalue weighted by molar-refractivity contribution is -0.144. The van der Waals surface area contributed by atoms with Gasteiger partial charge in [-0.3, -0.25) is 9.69 Å². The summed E-state index contributed by atoms with van der Waals surface area (Å²) in [7, 11) is 0. The molecule has 4 rings (SSSR count). The number of likely N-dealkylation sites (tertiary alicyclic amines) is 1. The molecule has 3 N–H and O–H groups in total. The normalized spacial score (nSPS) is 13.5. The molecule has 1 saturated heterocycles. The van der Waals surface area contributed by atoms with Crippen LogP contribution in [0.3, 0.4) is 0 Å². The number of nitrogens with two attached hydrogens (primary N) is 1. The molecule has 0 aromatic heterocycles. The Balaban J connectivity index is 1.16. The number of hydrogen-bond donors (Lipinski definition) is 2. The first-order chi connectivity index (χ1) is 20.3. The van der Waals surface area contributed by atoms with Gasteiger partial charge in [0.1, 0.15) is 13.2 Å². The zero-order chi connectivity index (χ0) is 29.9. The number of nitrogens with one attached hydrogen (secondary N) is 1. The van der Waals surface area contributed by atoms with Crippen molar-refractivity contribution in [2.75, 3.05) is 50.6 Å². The Morgan fingerprint density at radius 2 is 1.57 bits per heavy atom. The number of ether oxygens (including phenoxy) is 3. The highest BCUT2D eigenvalue weighted by Gasteiger charge is 2.17. The highest BCUT2D eigenvalue weighted by Crippen LogP contribution is 2.34. The van der Waals surface area contributed by atoms with E-state index in [9.17, 15) is 9.59 Å². The summed E-state index contributed by atoms with van der Waals surface area (Å²) in [4.78, 5) is 27.4. The number of carbonyl (C=O) groups excluding carboxylic acids is 2. The van der Waals surface area contributed by atoms with Gasteiger partial charge in [-0.2, -0.15) is 0 Å². The summed E-state index contributed by atoms with van der Waals surface area (Å²) >= 11 is 16.0. The summed E-state index contributed by atoms with van der Waals surface area (Å²) in [6.07, 6.45) is 3.65. The smallest absolute Gasteiger partial charge is 0.338 e. The zero-order valence-electron chi connectivity index (χ0n) is 23.2. The first kappa shape index (κ1) is 32.1. The van der Waals surface area contributed by atoms with Gasteiger partial charge in [0.05, 0.1) is 46.6 Å². The van der Waals surface area contributed by atoms with Gasteiger partial charge in [-0.15, -0.1) is 0 Å². The van der Waals surface area contributed by atoms with E-state index in [-0.39, 0.29) is 32.8 Å². The Labute approximate surface area is 264 Å². The number of carbonyl (C=O) groups is 2. The van der Waals surface area contributed by atoms with Crippen LogP contribution in [0, 0.1) is 0 Å². The van der Waals surface area contributed by atoms with Gasteiger partial charge < -0.3 is 25.3 Å². The average molecular weight is 679 g/mol. The number of para-hydroxylation sites is 2. The molecule has 1 aliphatic heterocycles. The molecule has 0 atom stereocenters. The maximum Gasteiger partial charge on any atom is 0.338 e. The highest BCUT2D eigenvalue weighted by molar-refractivity contribution is 9.10. The van der Waals surface area contributed by atoms with Crippen LogP contribution in [0.5, 0.6) is 0 Å². The third kappa shape index (κ3) is 9.34. The Morgan fingerprint density at radius 3 is 2.31 bits per heavy atom. The fraction of sp³-hybridized carbons (Fsp3) is 0.355. The molecule has 42 heavy (non-hydrogen) atoms. The van der Waals surface area contributed by atoms with Crippen LogP contribution in [0.1, 0.15) is 40.7 Å². The average Bonchev–Trinajstić information content (AvgIpc) is 2.98. The van der Waals surface area contributed by atoms with E-state index in [1.807, 2.05) is 24.3 Å². The number of rotatable bonds is 13. The lowest BCUT2D eigenvalue weighted by atomic mass is 10.1. The van der Waals surface area contributed by atoms with Gasteiger partial charge in [0.2, 0.25) is 0 Å². The second-order valence-corrected chi connectivity index (χ2v) is 11.6. The third-order valence-corrected chi connectivity index (χ3v) is 8.11. The van der Waals surface area contributed by atoms with E-state index >= 15 is 0 Å². The molecule has 0 aliphatic carbocycles. The van der Waals surface area contributed by atoms with Crippen LogP contribution in [0.4, 0.5) is 17.1 Å². The number of benzene rings is 3. The van der Waals surface area contributed by atoms with E-state index in [0.29, 0.717) is 43.7 Å². The second-order valence-electron chi connectivity index (χ2n) is 9.89. The maximum atomic E-state index is 12.6. The summed E-state index contributed by atoms with van der Waals surface area (Å²) in [6.45, 7) is 3.25. The van der Waals surface area contributed by atoms with Gasteiger partial charge in [0, 0.05) is 16.7 Å². The molecule has 11 heteroatoms. The molecule has 8 nitrogen and oxygen atoms in total. The van der Waals surface area contributed by atoms with Gasteiger partial charge >= 0.3 is 11.9 Å². The van der Waals surface area contributed by atoms with E-state index < -0.39 is 11.9 Å². The quantitative estimate of drug-likeness (QED) is 0.113. The lowest BCUT2D eigenvalue weighted by Gasteiger charge is -2.27. The van der Waals surface area contributed by atoms with Gasteiger partial charge in [-0.25, -0.2) is 4.79 Å². The van der Waals surface area contributed by atoms with Gasteiger partial charge in [-0.1, -0.05) is 53.9 Å². The van der Waals surface area contributed by atoms with Crippen molar-refractivity contribution in [3.63, 3.8) is 0 Å². The lowest BCUT2D eigenvalue weighted by Crippen LogP contribution is -2.29. The molecule has 0 saturated carbocycles. The molecular formula is C31H34BrCl2N3O5. The molecule has 1 aliphatic rings. The minimum atomic E-state index is -0.448. The maximum absolute atomic E-state index is 12.6. The van der Waals surface area contributed by atoms with Crippen LogP contribution >= 0.6 is 39.1 Å². The van der Waals surface area contributed by atoms with Crippen molar-refractivity contribution in [1.82, 2.24) is 4.90 Å². The number of nitrogen functional groups attached to an aromatic ring is 1. The molecule has 0 unspecified atom stereocenters. The Bertz CT molecular complexity index is 1360. The fourth-order valence-electron chi connectivity index (χ4n) is 4.63. The van der Waals surface area contributed by atoms with Gasteiger partial charge in [-0.05, 0) is 83.3 Å². The van der Waals surface area contributed by atoms with Crippen LogP contribution in [0.15, 0.2) is 59.1 Å². The molecule has 3 aromatic rings. The monoisotopic (exact) mass is 677 g/mol. The number of nitrogens with zero attached hydrogens (tertiary/aromatic N) is 1. The van der Waals surface area contributed by atoms with Crippen LogP contribution in [-0.2, 0) is 32.0 Å². The molecule has 3 aromatic carbocycles. The number of anilines is 3. The van der Waals surface area contributed by atoms with E-state index in [1.54, 1.807) is 30.3 Å². The van der Waals surface area contributed by atoms with Crippen molar-refractivity contribution >= 4 is 68.1 Å². The molecule has 0 amide bonds. The van der Waals surface area contributed by atoms with Crippen molar-refractivity contribution in [1.29, 1.82) is 0 Å². The molecular weight excluding hydrogens is 645 g/mol. The van der Waals surface area contributed by atoms with E-state index in [0.717, 1.165) is 24.2 Å². The predicted octanol–water partition coefficient (Wildman–Crippen LogP) is 7.03. The second kappa shape index (κ2) is 16.1. The Morgan fingerprint density at radius 1 is 0.881 bits per heavy atom.